The maximum atomic E-state index is 12.6. The number of nitrogens with one attached hydrogen (secondary N) is 3. The average Bonchev–Trinajstić information content (AvgIpc) is 3.03. The molecule has 0 spiro atoms. The van der Waals surface area contributed by atoms with Gasteiger partial charge in [0.05, 0.1) is 24.7 Å². The van der Waals surface area contributed by atoms with E-state index in [1.165, 1.54) is 22.6 Å². The van der Waals surface area contributed by atoms with E-state index in [2.05, 4.69) is 56.4 Å². The van der Waals surface area contributed by atoms with Crippen LogP contribution in [-0.2, 0) is 16.4 Å². The number of aromatic nitrogens is 2. The van der Waals surface area contributed by atoms with Crippen LogP contribution in [0.5, 0.6) is 17.2 Å². The molecule has 46 heavy (non-hydrogen) atoms. The second kappa shape index (κ2) is 13.2. The van der Waals surface area contributed by atoms with Crippen molar-refractivity contribution in [2.45, 2.75) is 19.4 Å². The molecule has 0 amide bonds. The van der Waals surface area contributed by atoms with E-state index in [4.69, 9.17) is 19.2 Å². The molecule has 0 atom stereocenters. The molecule has 14 heteroatoms. The monoisotopic (exact) mass is 650 g/mol. The second-order valence-electron chi connectivity index (χ2n) is 11.5. The van der Waals surface area contributed by atoms with E-state index in [9.17, 15) is 8.42 Å². The van der Waals surface area contributed by atoms with Crippen molar-refractivity contribution in [2.75, 3.05) is 92.7 Å². The number of fused-ring (bicyclic) bond motifs is 1. The first-order valence-electron chi connectivity index (χ1n) is 15.5. The fraction of sp³-hybridized carbons (Fsp3) is 0.438. The minimum absolute atomic E-state index is 0.301. The SMILES string of the molecule is C=Cc1cnc(Nc2cc(CC)c(N3CCN(C4CNC4)CC3)cc2OC)nc1Nc1ccc2c(c1N(C)S(C)(=O)=O)OCCO2. The first kappa shape index (κ1) is 31.7. The summed E-state index contributed by atoms with van der Waals surface area (Å²) in [7, 11) is -0.495. The van der Waals surface area contributed by atoms with E-state index in [0.29, 0.717) is 65.2 Å². The number of hydrogen-bond donors (Lipinski definition) is 3. The highest BCUT2D eigenvalue weighted by atomic mass is 32.2. The van der Waals surface area contributed by atoms with Crippen LogP contribution in [0.15, 0.2) is 37.0 Å². The van der Waals surface area contributed by atoms with Crippen molar-refractivity contribution in [3.8, 4) is 17.2 Å². The minimum Gasteiger partial charge on any atom is -0.494 e. The summed E-state index contributed by atoms with van der Waals surface area (Å²) in [6, 6.07) is 8.34. The summed E-state index contributed by atoms with van der Waals surface area (Å²) in [5.41, 5.74) is 4.54. The van der Waals surface area contributed by atoms with Gasteiger partial charge in [0, 0.05) is 75.9 Å². The maximum Gasteiger partial charge on any atom is 0.232 e. The van der Waals surface area contributed by atoms with Gasteiger partial charge in [0.25, 0.3) is 0 Å². The van der Waals surface area contributed by atoms with Crippen molar-refractivity contribution in [1.29, 1.82) is 0 Å². The van der Waals surface area contributed by atoms with Crippen molar-refractivity contribution >= 4 is 50.6 Å². The minimum atomic E-state index is -3.63. The Bertz CT molecular complexity index is 1710. The number of hydrogen-bond acceptors (Lipinski definition) is 12. The Kier molecular flexibility index (Phi) is 9.11. The lowest BCUT2D eigenvalue weighted by Crippen LogP contribution is -2.61. The lowest BCUT2D eigenvalue weighted by atomic mass is 10.1. The van der Waals surface area contributed by atoms with Crippen molar-refractivity contribution in [2.24, 2.45) is 0 Å². The number of rotatable bonds is 11. The van der Waals surface area contributed by atoms with E-state index in [0.717, 1.165) is 57.6 Å². The van der Waals surface area contributed by atoms with Crippen LogP contribution in [0.25, 0.3) is 6.08 Å². The molecule has 13 nitrogen and oxygen atoms in total. The van der Waals surface area contributed by atoms with E-state index in [1.807, 2.05) is 0 Å². The molecular formula is C32H42N8O5S. The fourth-order valence-corrected chi connectivity index (χ4v) is 6.46. The first-order chi connectivity index (χ1) is 22.2. The van der Waals surface area contributed by atoms with E-state index >= 15 is 0 Å². The van der Waals surface area contributed by atoms with Crippen LogP contribution in [0.2, 0.25) is 0 Å². The van der Waals surface area contributed by atoms with Crippen LogP contribution in [0.4, 0.5) is 34.5 Å². The molecule has 6 rings (SSSR count). The molecule has 3 N–H and O–H groups in total. The Hall–Kier alpha value is -4.27. The van der Waals surface area contributed by atoms with Gasteiger partial charge in [-0.2, -0.15) is 4.98 Å². The molecule has 246 valence electrons. The van der Waals surface area contributed by atoms with Gasteiger partial charge in [-0.05, 0) is 30.2 Å². The zero-order valence-corrected chi connectivity index (χ0v) is 27.6. The molecule has 0 aliphatic carbocycles. The molecule has 3 aliphatic rings. The number of nitrogens with zero attached hydrogens (tertiary/aromatic N) is 5. The van der Waals surface area contributed by atoms with Gasteiger partial charge in [0.15, 0.2) is 11.5 Å². The van der Waals surface area contributed by atoms with Crippen LogP contribution < -0.4 is 39.4 Å². The van der Waals surface area contributed by atoms with Crippen LogP contribution in [0.3, 0.4) is 0 Å². The smallest absolute Gasteiger partial charge is 0.232 e. The number of sulfonamides is 1. The zero-order valence-electron chi connectivity index (χ0n) is 26.8. The third-order valence-electron chi connectivity index (χ3n) is 8.74. The number of benzene rings is 2. The molecule has 1 aromatic heterocycles. The summed E-state index contributed by atoms with van der Waals surface area (Å²) in [5.74, 6) is 2.26. The quantitative estimate of drug-likeness (QED) is 0.281. The van der Waals surface area contributed by atoms with Gasteiger partial charge in [-0.15, -0.1) is 0 Å². The molecule has 0 bridgehead atoms. The van der Waals surface area contributed by atoms with E-state index in [-0.39, 0.29) is 0 Å². The van der Waals surface area contributed by atoms with E-state index in [1.54, 1.807) is 31.5 Å². The Labute approximate surface area is 270 Å². The Morgan fingerprint density at radius 2 is 1.89 bits per heavy atom. The number of ether oxygens (including phenoxy) is 3. The topological polar surface area (TPSA) is 133 Å². The van der Waals surface area contributed by atoms with Crippen molar-refractivity contribution < 1.29 is 22.6 Å². The van der Waals surface area contributed by atoms with Crippen molar-refractivity contribution in [3.05, 3.63) is 48.2 Å². The Morgan fingerprint density at radius 3 is 2.54 bits per heavy atom. The summed E-state index contributed by atoms with van der Waals surface area (Å²) in [4.78, 5) is 14.3. The summed E-state index contributed by atoms with van der Waals surface area (Å²) in [6.07, 6.45) is 5.28. The lowest BCUT2D eigenvalue weighted by Gasteiger charge is -2.44. The van der Waals surface area contributed by atoms with Crippen LogP contribution in [0, 0.1) is 0 Å². The van der Waals surface area contributed by atoms with Gasteiger partial charge < -0.3 is 35.1 Å². The molecule has 3 aliphatic heterocycles. The summed E-state index contributed by atoms with van der Waals surface area (Å²) in [5, 5.41) is 10.0. The van der Waals surface area contributed by atoms with Crippen LogP contribution in [0.1, 0.15) is 18.1 Å². The number of piperazine rings is 1. The summed E-state index contributed by atoms with van der Waals surface area (Å²) in [6.45, 7) is 12.9. The normalized spacial score (nSPS) is 16.8. The molecule has 0 saturated carbocycles. The van der Waals surface area contributed by atoms with E-state index < -0.39 is 10.0 Å². The molecule has 0 unspecified atom stereocenters. The highest BCUT2D eigenvalue weighted by Gasteiger charge is 2.29. The maximum absolute atomic E-state index is 12.6. The van der Waals surface area contributed by atoms with Gasteiger partial charge in [0.2, 0.25) is 16.0 Å². The van der Waals surface area contributed by atoms with Crippen LogP contribution >= 0.6 is 0 Å². The largest absolute Gasteiger partial charge is 0.494 e. The van der Waals surface area contributed by atoms with Crippen LogP contribution in [-0.4, -0.2) is 102 Å². The lowest BCUT2D eigenvalue weighted by molar-refractivity contribution is 0.138. The second-order valence-corrected chi connectivity index (χ2v) is 13.6. The Morgan fingerprint density at radius 1 is 1.13 bits per heavy atom. The van der Waals surface area contributed by atoms with Gasteiger partial charge in [-0.25, -0.2) is 13.4 Å². The number of aryl methyl sites for hydroxylation is 1. The highest BCUT2D eigenvalue weighted by molar-refractivity contribution is 7.92. The third kappa shape index (κ3) is 6.37. The molecule has 3 aromatic rings. The molecular weight excluding hydrogens is 608 g/mol. The molecule has 2 fully saturated rings. The van der Waals surface area contributed by atoms with Gasteiger partial charge in [-0.1, -0.05) is 19.6 Å². The standard InChI is InChI=1S/C32H42N8O5S/c1-6-21-16-25(28(43-4)17-26(21)40-12-10-39(11-13-40)23-19-33-20-23)36-32-34-18-22(7-2)31(37-32)35-24-8-9-27-30(45-15-14-44-27)29(24)38(3)46(5,41)42/h7-9,16-18,23,33H,2,6,10-15,19-20H2,1,3-5H3,(H2,34,35,36,37). The van der Waals surface area contributed by atoms with Gasteiger partial charge >= 0.3 is 0 Å². The fourth-order valence-electron chi connectivity index (χ4n) is 5.95. The molecule has 0 radical (unpaired) electrons. The Balaban J connectivity index is 1.29. The molecule has 2 saturated heterocycles. The molecule has 4 heterocycles. The van der Waals surface area contributed by atoms with Gasteiger partial charge in [0.1, 0.15) is 30.5 Å². The predicted octanol–water partition coefficient (Wildman–Crippen LogP) is 3.44. The van der Waals surface area contributed by atoms with Gasteiger partial charge in [-0.3, -0.25) is 9.21 Å². The average molecular weight is 651 g/mol. The highest BCUT2D eigenvalue weighted by Crippen LogP contribution is 2.46. The summed E-state index contributed by atoms with van der Waals surface area (Å²) >= 11 is 0. The first-order valence-corrected chi connectivity index (χ1v) is 17.4. The summed E-state index contributed by atoms with van der Waals surface area (Å²) < 4.78 is 43.9. The molecule has 2 aromatic carbocycles. The number of anilines is 6. The van der Waals surface area contributed by atoms with Crippen molar-refractivity contribution in [1.82, 2.24) is 20.2 Å². The third-order valence-corrected chi connectivity index (χ3v) is 9.92. The van der Waals surface area contributed by atoms with Crippen molar-refractivity contribution in [3.63, 3.8) is 0 Å². The zero-order chi connectivity index (χ0) is 32.4. The number of methoxy groups -OCH3 is 1. The predicted molar refractivity (Wildman–Crippen MR) is 182 cm³/mol.